The summed E-state index contributed by atoms with van der Waals surface area (Å²) in [6, 6.07) is 0. The predicted molar refractivity (Wildman–Crippen MR) is 68.1 cm³/mol. The van der Waals surface area contributed by atoms with Crippen LogP contribution in [-0.2, 0) is 0 Å². The van der Waals surface area contributed by atoms with Crippen LogP contribution in [0.25, 0.3) is 0 Å². The average Bonchev–Trinajstić information content (AvgIpc) is 2.28. The Labute approximate surface area is 99.9 Å². The van der Waals surface area contributed by atoms with Gasteiger partial charge in [-0.15, -0.1) is 0 Å². The molecule has 0 spiro atoms. The second kappa shape index (κ2) is 4.91. The van der Waals surface area contributed by atoms with Crippen LogP contribution in [0.1, 0.15) is 46.5 Å². The molecule has 0 heterocycles. The normalized spacial score (nSPS) is 41.1. The molecule has 0 aromatic heterocycles. The van der Waals surface area contributed by atoms with Crippen LogP contribution < -0.4 is 0 Å². The summed E-state index contributed by atoms with van der Waals surface area (Å²) < 4.78 is 0. The van der Waals surface area contributed by atoms with E-state index in [1.54, 1.807) is 5.57 Å². The molecule has 2 aliphatic rings. The van der Waals surface area contributed by atoms with Gasteiger partial charge in [0.25, 0.3) is 0 Å². The molecular weight excluding hydrogens is 196 g/mol. The molecular formula is C15H26O. The van der Waals surface area contributed by atoms with Gasteiger partial charge in [0.05, 0.1) is 0 Å². The van der Waals surface area contributed by atoms with Gasteiger partial charge in [-0.25, -0.2) is 0 Å². The maximum atomic E-state index is 9.39. The smallest absolute Gasteiger partial charge is 0.0459 e. The highest BCUT2D eigenvalue weighted by molar-refractivity contribution is 5.11. The van der Waals surface area contributed by atoms with Gasteiger partial charge in [-0.2, -0.15) is 0 Å². The van der Waals surface area contributed by atoms with Gasteiger partial charge in [-0.3, -0.25) is 0 Å². The van der Waals surface area contributed by atoms with Gasteiger partial charge in [0, 0.05) is 6.61 Å². The Kier molecular flexibility index (Phi) is 3.73. The second-order valence-corrected chi connectivity index (χ2v) is 6.17. The van der Waals surface area contributed by atoms with Crippen molar-refractivity contribution in [2.45, 2.75) is 46.5 Å². The molecule has 1 N–H and O–H groups in total. The molecule has 1 fully saturated rings. The molecule has 1 heteroatoms. The topological polar surface area (TPSA) is 20.2 Å². The summed E-state index contributed by atoms with van der Waals surface area (Å²) in [5.74, 6) is 3.72. The average molecular weight is 222 g/mol. The van der Waals surface area contributed by atoms with E-state index in [9.17, 15) is 5.11 Å². The summed E-state index contributed by atoms with van der Waals surface area (Å²) >= 11 is 0. The SMILES string of the molecule is CC1=CC2C(C(C)CO)CCC(C)C2CC1. The van der Waals surface area contributed by atoms with Crippen molar-refractivity contribution in [3.05, 3.63) is 11.6 Å². The number of aliphatic hydroxyl groups is 1. The molecule has 0 aromatic rings. The van der Waals surface area contributed by atoms with E-state index >= 15 is 0 Å². The zero-order valence-corrected chi connectivity index (χ0v) is 10.9. The lowest BCUT2D eigenvalue weighted by Gasteiger charge is -2.45. The van der Waals surface area contributed by atoms with Crippen molar-refractivity contribution in [2.24, 2.45) is 29.6 Å². The zero-order valence-electron chi connectivity index (χ0n) is 10.9. The molecule has 5 atom stereocenters. The predicted octanol–water partition coefficient (Wildman–Crippen LogP) is 3.63. The number of hydrogen-bond donors (Lipinski definition) is 1. The van der Waals surface area contributed by atoms with Crippen molar-refractivity contribution in [1.82, 2.24) is 0 Å². The Morgan fingerprint density at radius 2 is 2.12 bits per heavy atom. The van der Waals surface area contributed by atoms with Crippen molar-refractivity contribution >= 4 is 0 Å². The van der Waals surface area contributed by atoms with E-state index in [4.69, 9.17) is 0 Å². The van der Waals surface area contributed by atoms with Crippen LogP contribution in [0.2, 0.25) is 0 Å². The highest BCUT2D eigenvalue weighted by Gasteiger charge is 2.39. The van der Waals surface area contributed by atoms with Crippen LogP contribution in [0.3, 0.4) is 0 Å². The van der Waals surface area contributed by atoms with Crippen molar-refractivity contribution in [3.8, 4) is 0 Å². The van der Waals surface area contributed by atoms with E-state index in [0.29, 0.717) is 12.5 Å². The number of hydrogen-bond acceptors (Lipinski definition) is 1. The Balaban J connectivity index is 2.18. The molecule has 1 nitrogen and oxygen atoms in total. The van der Waals surface area contributed by atoms with E-state index < -0.39 is 0 Å². The minimum Gasteiger partial charge on any atom is -0.396 e. The third kappa shape index (κ3) is 2.20. The van der Waals surface area contributed by atoms with Gasteiger partial charge in [0.15, 0.2) is 0 Å². The van der Waals surface area contributed by atoms with Crippen molar-refractivity contribution in [3.63, 3.8) is 0 Å². The first kappa shape index (κ1) is 12.2. The van der Waals surface area contributed by atoms with E-state index in [-0.39, 0.29) is 0 Å². The molecule has 0 saturated heterocycles. The molecule has 92 valence electrons. The summed E-state index contributed by atoms with van der Waals surface area (Å²) in [5.41, 5.74) is 1.57. The monoisotopic (exact) mass is 222 g/mol. The van der Waals surface area contributed by atoms with Crippen LogP contribution in [0.4, 0.5) is 0 Å². The minimum absolute atomic E-state index is 0.356. The molecule has 0 radical (unpaired) electrons. The minimum atomic E-state index is 0.356. The lowest BCUT2D eigenvalue weighted by molar-refractivity contribution is 0.0590. The van der Waals surface area contributed by atoms with E-state index in [1.165, 1.54) is 25.7 Å². The number of aliphatic hydroxyl groups excluding tert-OH is 1. The molecule has 0 aromatic carbocycles. The van der Waals surface area contributed by atoms with Gasteiger partial charge >= 0.3 is 0 Å². The summed E-state index contributed by atoms with van der Waals surface area (Å²) in [6.07, 6.45) is 7.88. The third-order valence-electron chi connectivity index (χ3n) is 5.04. The maximum Gasteiger partial charge on any atom is 0.0459 e. The largest absolute Gasteiger partial charge is 0.396 e. The standard InChI is InChI=1S/C15H26O/c1-10-4-6-13-11(2)5-7-14(12(3)9-16)15(13)8-10/h8,11-16H,4-7,9H2,1-3H3. The summed E-state index contributed by atoms with van der Waals surface area (Å²) in [6.45, 7) is 7.27. The van der Waals surface area contributed by atoms with Crippen LogP contribution in [0.15, 0.2) is 11.6 Å². The van der Waals surface area contributed by atoms with Crippen molar-refractivity contribution in [1.29, 1.82) is 0 Å². The summed E-state index contributed by atoms with van der Waals surface area (Å²) in [4.78, 5) is 0. The number of fused-ring (bicyclic) bond motifs is 1. The Bertz CT molecular complexity index is 269. The molecule has 16 heavy (non-hydrogen) atoms. The molecule has 2 rings (SSSR count). The maximum absolute atomic E-state index is 9.39. The molecule has 5 unspecified atom stereocenters. The third-order valence-corrected chi connectivity index (χ3v) is 5.04. The number of rotatable bonds is 2. The van der Waals surface area contributed by atoms with Gasteiger partial charge in [0.1, 0.15) is 0 Å². The van der Waals surface area contributed by atoms with Crippen molar-refractivity contribution < 1.29 is 5.11 Å². The highest BCUT2D eigenvalue weighted by Crippen LogP contribution is 2.47. The highest BCUT2D eigenvalue weighted by atomic mass is 16.3. The first-order valence-corrected chi connectivity index (χ1v) is 6.91. The van der Waals surface area contributed by atoms with Crippen LogP contribution >= 0.6 is 0 Å². The first-order valence-electron chi connectivity index (χ1n) is 6.91. The Morgan fingerprint density at radius 1 is 1.38 bits per heavy atom. The van der Waals surface area contributed by atoms with E-state index in [0.717, 1.165) is 23.7 Å². The zero-order chi connectivity index (χ0) is 11.7. The van der Waals surface area contributed by atoms with Crippen LogP contribution in [-0.4, -0.2) is 11.7 Å². The van der Waals surface area contributed by atoms with Gasteiger partial charge in [0.2, 0.25) is 0 Å². The first-order chi connectivity index (χ1) is 7.63. The van der Waals surface area contributed by atoms with E-state index in [2.05, 4.69) is 26.8 Å². The molecule has 1 saturated carbocycles. The van der Waals surface area contributed by atoms with Crippen LogP contribution in [0, 0.1) is 29.6 Å². The molecule has 0 aliphatic heterocycles. The summed E-state index contributed by atoms with van der Waals surface area (Å²) in [7, 11) is 0. The Hall–Kier alpha value is -0.300. The fourth-order valence-electron chi connectivity index (χ4n) is 3.89. The molecule has 0 bridgehead atoms. The quantitative estimate of drug-likeness (QED) is 0.707. The summed E-state index contributed by atoms with van der Waals surface area (Å²) in [5, 5.41) is 9.39. The lowest BCUT2D eigenvalue weighted by atomic mass is 9.60. The lowest BCUT2D eigenvalue weighted by Crippen LogP contribution is -2.38. The second-order valence-electron chi connectivity index (χ2n) is 6.17. The fourth-order valence-corrected chi connectivity index (χ4v) is 3.89. The van der Waals surface area contributed by atoms with Gasteiger partial charge < -0.3 is 5.11 Å². The Morgan fingerprint density at radius 3 is 2.81 bits per heavy atom. The van der Waals surface area contributed by atoms with Gasteiger partial charge in [-0.05, 0) is 55.8 Å². The van der Waals surface area contributed by atoms with Crippen LogP contribution in [0.5, 0.6) is 0 Å². The van der Waals surface area contributed by atoms with Crippen molar-refractivity contribution in [2.75, 3.05) is 6.61 Å². The number of allylic oxidation sites excluding steroid dienone is 2. The van der Waals surface area contributed by atoms with Gasteiger partial charge in [-0.1, -0.05) is 31.9 Å². The molecule has 2 aliphatic carbocycles. The fraction of sp³-hybridized carbons (Fsp3) is 0.867. The van der Waals surface area contributed by atoms with E-state index in [1.807, 2.05) is 0 Å². The molecule has 0 amide bonds.